The van der Waals surface area contributed by atoms with E-state index in [2.05, 4.69) is 5.32 Å². The van der Waals surface area contributed by atoms with Crippen molar-refractivity contribution in [2.24, 2.45) is 0 Å². The molecule has 1 aromatic carbocycles. The van der Waals surface area contributed by atoms with Crippen molar-refractivity contribution in [2.45, 2.75) is 13.5 Å². The maximum atomic E-state index is 12.0. The molecule has 1 aromatic heterocycles. The Hall–Kier alpha value is -2.14. The first kappa shape index (κ1) is 13.3. The largest absolute Gasteiger partial charge is 0.398 e. The molecule has 0 atom stereocenters. The van der Waals surface area contributed by atoms with Crippen molar-refractivity contribution in [3.05, 3.63) is 51.7 Å². The lowest BCUT2D eigenvalue weighted by Gasteiger charge is -2.08. The van der Waals surface area contributed by atoms with Gasteiger partial charge in [-0.05, 0) is 36.6 Å². The zero-order valence-electron chi connectivity index (χ0n) is 10.6. The minimum atomic E-state index is -0.157. The summed E-state index contributed by atoms with van der Waals surface area (Å²) >= 11 is 1.60. The molecule has 19 heavy (non-hydrogen) atoms. The number of carbonyl (C=O) groups excluding carboxylic acids is 1. The van der Waals surface area contributed by atoms with Crippen LogP contribution >= 0.6 is 11.3 Å². The van der Waals surface area contributed by atoms with Gasteiger partial charge in [0, 0.05) is 27.4 Å². The number of benzene rings is 1. The Balaban J connectivity index is 2.11. The third-order valence-corrected chi connectivity index (χ3v) is 3.60. The Kier molecular flexibility index (Phi) is 3.97. The highest BCUT2D eigenvalue weighted by Crippen LogP contribution is 2.15. The van der Waals surface area contributed by atoms with Crippen LogP contribution in [-0.4, -0.2) is 11.6 Å². The Morgan fingerprint density at radius 3 is 2.84 bits per heavy atom. The van der Waals surface area contributed by atoms with Crippen molar-refractivity contribution in [1.82, 2.24) is 5.32 Å². The lowest BCUT2D eigenvalue weighted by Crippen LogP contribution is -2.22. The first-order chi connectivity index (χ1) is 9.08. The quantitative estimate of drug-likeness (QED) is 0.591. The number of nitrogens with one attached hydrogen (secondary N) is 2. The van der Waals surface area contributed by atoms with Crippen LogP contribution in [0.4, 0.5) is 5.69 Å². The molecule has 0 fully saturated rings. The number of hydrogen-bond donors (Lipinski definition) is 3. The summed E-state index contributed by atoms with van der Waals surface area (Å²) in [5.74, 6) is -0.157. The van der Waals surface area contributed by atoms with Gasteiger partial charge in [0.25, 0.3) is 5.91 Å². The van der Waals surface area contributed by atoms with Gasteiger partial charge in [0.05, 0.1) is 6.54 Å². The van der Waals surface area contributed by atoms with Crippen LogP contribution in [0, 0.1) is 5.41 Å². The van der Waals surface area contributed by atoms with E-state index in [9.17, 15) is 4.79 Å². The van der Waals surface area contributed by atoms with E-state index in [0.29, 0.717) is 29.1 Å². The zero-order chi connectivity index (χ0) is 13.8. The highest BCUT2D eigenvalue weighted by molar-refractivity contribution is 7.09. The second-order valence-corrected chi connectivity index (χ2v) is 5.22. The molecular formula is C14H15N3OS. The van der Waals surface area contributed by atoms with E-state index >= 15 is 0 Å². The monoisotopic (exact) mass is 273 g/mol. The molecule has 0 bridgehead atoms. The van der Waals surface area contributed by atoms with Crippen molar-refractivity contribution < 1.29 is 4.79 Å². The first-order valence-electron chi connectivity index (χ1n) is 5.83. The fourth-order valence-electron chi connectivity index (χ4n) is 1.70. The summed E-state index contributed by atoms with van der Waals surface area (Å²) in [5, 5.41) is 12.4. The molecule has 0 radical (unpaired) electrons. The maximum absolute atomic E-state index is 12.0. The van der Waals surface area contributed by atoms with Crippen LogP contribution in [0.1, 0.15) is 27.7 Å². The predicted octanol–water partition coefficient (Wildman–Crippen LogP) is 2.65. The number of thiophene rings is 1. The van der Waals surface area contributed by atoms with Gasteiger partial charge in [0.1, 0.15) is 0 Å². The fraction of sp³-hybridized carbons (Fsp3) is 0.143. The Morgan fingerprint density at radius 1 is 1.42 bits per heavy atom. The van der Waals surface area contributed by atoms with Crippen molar-refractivity contribution in [1.29, 1.82) is 5.41 Å². The molecule has 0 saturated heterocycles. The minimum absolute atomic E-state index is 0.157. The summed E-state index contributed by atoms with van der Waals surface area (Å²) in [5.41, 5.74) is 7.76. The molecule has 0 saturated carbocycles. The number of rotatable bonds is 4. The number of nitrogen functional groups attached to an aromatic ring is 1. The second kappa shape index (κ2) is 5.67. The molecule has 0 aliphatic heterocycles. The van der Waals surface area contributed by atoms with E-state index in [0.717, 1.165) is 4.88 Å². The van der Waals surface area contributed by atoms with Gasteiger partial charge in [0.2, 0.25) is 0 Å². The van der Waals surface area contributed by atoms with E-state index in [1.807, 2.05) is 17.5 Å². The highest BCUT2D eigenvalue weighted by Gasteiger charge is 2.09. The van der Waals surface area contributed by atoms with Crippen LogP contribution in [0.3, 0.4) is 0 Å². The summed E-state index contributed by atoms with van der Waals surface area (Å²) in [6.45, 7) is 2.17. The lowest BCUT2D eigenvalue weighted by atomic mass is 10.0. The van der Waals surface area contributed by atoms with Gasteiger partial charge in [-0.3, -0.25) is 4.79 Å². The Labute approximate surface area is 115 Å². The molecule has 2 aromatic rings. The summed E-state index contributed by atoms with van der Waals surface area (Å²) in [6.07, 6.45) is 0. The van der Waals surface area contributed by atoms with Gasteiger partial charge in [-0.25, -0.2) is 0 Å². The maximum Gasteiger partial charge on any atom is 0.251 e. The molecule has 4 nitrogen and oxygen atoms in total. The number of amides is 1. The number of nitrogens with two attached hydrogens (primary N) is 1. The van der Waals surface area contributed by atoms with Gasteiger partial charge in [0.15, 0.2) is 0 Å². The van der Waals surface area contributed by atoms with Crippen molar-refractivity contribution in [3.63, 3.8) is 0 Å². The predicted molar refractivity (Wildman–Crippen MR) is 78.8 cm³/mol. The SMILES string of the molecule is CC(=N)c1cc(C(=O)NCc2cccs2)ccc1N. The molecule has 5 heteroatoms. The molecule has 0 unspecified atom stereocenters. The molecular weight excluding hydrogens is 258 g/mol. The molecule has 0 aliphatic carbocycles. The summed E-state index contributed by atoms with van der Waals surface area (Å²) in [6, 6.07) is 8.91. The number of anilines is 1. The van der Waals surface area contributed by atoms with Crippen LogP contribution in [0.25, 0.3) is 0 Å². The smallest absolute Gasteiger partial charge is 0.251 e. The topological polar surface area (TPSA) is 79.0 Å². The molecule has 2 rings (SSSR count). The Morgan fingerprint density at radius 2 is 2.21 bits per heavy atom. The summed E-state index contributed by atoms with van der Waals surface area (Å²) in [7, 11) is 0. The molecule has 1 heterocycles. The van der Waals surface area contributed by atoms with Gasteiger partial charge < -0.3 is 16.5 Å². The van der Waals surface area contributed by atoms with Crippen molar-refractivity contribution in [3.8, 4) is 0 Å². The van der Waals surface area contributed by atoms with E-state index in [1.54, 1.807) is 36.5 Å². The third-order valence-electron chi connectivity index (χ3n) is 2.72. The van der Waals surface area contributed by atoms with Crippen LogP contribution in [0.2, 0.25) is 0 Å². The number of carbonyl (C=O) groups is 1. The van der Waals surface area contributed by atoms with E-state index in [1.165, 1.54) is 0 Å². The summed E-state index contributed by atoms with van der Waals surface area (Å²) < 4.78 is 0. The van der Waals surface area contributed by atoms with Gasteiger partial charge in [-0.1, -0.05) is 6.07 Å². The van der Waals surface area contributed by atoms with E-state index < -0.39 is 0 Å². The van der Waals surface area contributed by atoms with Gasteiger partial charge in [-0.15, -0.1) is 11.3 Å². The zero-order valence-corrected chi connectivity index (χ0v) is 11.4. The lowest BCUT2D eigenvalue weighted by molar-refractivity contribution is 0.0951. The van der Waals surface area contributed by atoms with Crippen LogP contribution in [0.5, 0.6) is 0 Å². The van der Waals surface area contributed by atoms with Gasteiger partial charge in [-0.2, -0.15) is 0 Å². The third kappa shape index (κ3) is 3.20. The fourth-order valence-corrected chi connectivity index (χ4v) is 2.35. The van der Waals surface area contributed by atoms with Crippen LogP contribution in [0.15, 0.2) is 35.7 Å². The van der Waals surface area contributed by atoms with E-state index in [-0.39, 0.29) is 5.91 Å². The number of hydrogen-bond acceptors (Lipinski definition) is 4. The molecule has 0 aliphatic rings. The van der Waals surface area contributed by atoms with Crippen LogP contribution in [-0.2, 0) is 6.54 Å². The average molecular weight is 273 g/mol. The molecule has 1 amide bonds. The average Bonchev–Trinajstić information content (AvgIpc) is 2.89. The minimum Gasteiger partial charge on any atom is -0.398 e. The first-order valence-corrected chi connectivity index (χ1v) is 6.71. The van der Waals surface area contributed by atoms with Gasteiger partial charge >= 0.3 is 0 Å². The van der Waals surface area contributed by atoms with Crippen molar-refractivity contribution in [2.75, 3.05) is 5.73 Å². The summed E-state index contributed by atoms with van der Waals surface area (Å²) in [4.78, 5) is 13.1. The van der Waals surface area contributed by atoms with Crippen molar-refractivity contribution >= 4 is 28.6 Å². The molecule has 0 spiro atoms. The second-order valence-electron chi connectivity index (χ2n) is 4.19. The Bertz CT molecular complexity index is 605. The molecule has 98 valence electrons. The van der Waals surface area contributed by atoms with Crippen LogP contribution < -0.4 is 11.1 Å². The molecule has 4 N–H and O–H groups in total. The normalized spacial score (nSPS) is 10.2. The van der Waals surface area contributed by atoms with E-state index in [4.69, 9.17) is 11.1 Å². The standard InChI is InChI=1S/C14H15N3OS/c1-9(15)12-7-10(4-5-13(12)16)14(18)17-8-11-3-2-6-19-11/h2-7,15H,8,16H2,1H3,(H,17,18). The highest BCUT2D eigenvalue weighted by atomic mass is 32.1.